The Balaban J connectivity index is 1.51. The highest BCUT2D eigenvalue weighted by Gasteiger charge is 2.35. The van der Waals surface area contributed by atoms with Crippen LogP contribution in [-0.4, -0.2) is 34.5 Å². The summed E-state index contributed by atoms with van der Waals surface area (Å²) >= 11 is 0. The third-order valence-corrected chi connectivity index (χ3v) is 5.15. The van der Waals surface area contributed by atoms with Crippen molar-refractivity contribution in [2.75, 3.05) is 11.4 Å². The second-order valence-electron chi connectivity index (χ2n) is 6.89. The third kappa shape index (κ3) is 2.81. The molecule has 5 heteroatoms. The molecule has 0 aromatic carbocycles. The van der Waals surface area contributed by atoms with Crippen molar-refractivity contribution in [1.82, 2.24) is 15.3 Å². The summed E-state index contributed by atoms with van der Waals surface area (Å²) in [4.78, 5) is 23.9. The molecule has 3 fully saturated rings. The Morgan fingerprint density at radius 1 is 1.14 bits per heavy atom. The Hall–Kier alpha value is -1.65. The van der Waals surface area contributed by atoms with Crippen LogP contribution in [0.3, 0.4) is 0 Å². The molecule has 1 atom stereocenters. The van der Waals surface area contributed by atoms with Crippen LogP contribution in [0.4, 0.5) is 5.82 Å². The van der Waals surface area contributed by atoms with Gasteiger partial charge in [-0.15, -0.1) is 0 Å². The molecule has 0 spiro atoms. The summed E-state index contributed by atoms with van der Waals surface area (Å²) in [5.74, 6) is 2.61. The van der Waals surface area contributed by atoms with Crippen LogP contribution in [0.25, 0.3) is 0 Å². The minimum absolute atomic E-state index is 0.0491. The van der Waals surface area contributed by atoms with Crippen molar-refractivity contribution < 1.29 is 4.79 Å². The monoisotopic (exact) mass is 300 g/mol. The van der Waals surface area contributed by atoms with Crippen LogP contribution in [0.15, 0.2) is 12.3 Å². The highest BCUT2D eigenvalue weighted by Crippen LogP contribution is 2.33. The molecule has 2 aliphatic carbocycles. The second kappa shape index (κ2) is 5.86. The molecule has 0 unspecified atom stereocenters. The van der Waals surface area contributed by atoms with E-state index in [1.807, 2.05) is 12.3 Å². The van der Waals surface area contributed by atoms with E-state index in [0.717, 1.165) is 43.9 Å². The van der Waals surface area contributed by atoms with E-state index in [1.54, 1.807) is 0 Å². The van der Waals surface area contributed by atoms with E-state index in [9.17, 15) is 4.79 Å². The summed E-state index contributed by atoms with van der Waals surface area (Å²) < 4.78 is 0. The normalized spacial score (nSPS) is 25.6. The molecule has 2 heterocycles. The maximum Gasteiger partial charge on any atom is 0.242 e. The first-order chi connectivity index (χ1) is 10.8. The SMILES string of the molecule is O=C(NC1CC1)[C@H]1CCCN1c1ccnc(C2CCCC2)n1. The maximum absolute atomic E-state index is 12.4. The fourth-order valence-electron chi connectivity index (χ4n) is 3.74. The Kier molecular flexibility index (Phi) is 3.72. The van der Waals surface area contributed by atoms with Crippen LogP contribution in [0.1, 0.15) is 63.1 Å². The summed E-state index contributed by atoms with van der Waals surface area (Å²) in [7, 11) is 0. The van der Waals surface area contributed by atoms with Gasteiger partial charge >= 0.3 is 0 Å². The van der Waals surface area contributed by atoms with E-state index in [4.69, 9.17) is 4.98 Å². The Morgan fingerprint density at radius 2 is 1.95 bits per heavy atom. The van der Waals surface area contributed by atoms with Crippen LogP contribution in [0.2, 0.25) is 0 Å². The van der Waals surface area contributed by atoms with E-state index in [1.165, 1.54) is 25.7 Å². The smallest absolute Gasteiger partial charge is 0.242 e. The lowest BCUT2D eigenvalue weighted by molar-refractivity contribution is -0.122. The number of nitrogens with zero attached hydrogens (tertiary/aromatic N) is 3. The molecule has 1 aromatic rings. The van der Waals surface area contributed by atoms with Crippen molar-refractivity contribution in [2.24, 2.45) is 0 Å². The molecule has 0 radical (unpaired) electrons. The lowest BCUT2D eigenvalue weighted by Gasteiger charge is -2.25. The van der Waals surface area contributed by atoms with Crippen LogP contribution >= 0.6 is 0 Å². The summed E-state index contributed by atoms with van der Waals surface area (Å²) in [5.41, 5.74) is 0. The molecule has 2 saturated carbocycles. The van der Waals surface area contributed by atoms with Crippen LogP contribution in [-0.2, 0) is 4.79 Å². The van der Waals surface area contributed by atoms with Gasteiger partial charge in [-0.05, 0) is 44.6 Å². The minimum Gasteiger partial charge on any atom is -0.352 e. The molecular formula is C17H24N4O. The molecule has 1 saturated heterocycles. The van der Waals surface area contributed by atoms with Crippen molar-refractivity contribution >= 4 is 11.7 Å². The average molecular weight is 300 g/mol. The summed E-state index contributed by atoms with van der Waals surface area (Å²) in [6.45, 7) is 0.921. The van der Waals surface area contributed by atoms with Crippen LogP contribution < -0.4 is 10.2 Å². The number of hydrogen-bond acceptors (Lipinski definition) is 4. The Bertz CT molecular complexity index is 551. The number of amides is 1. The highest BCUT2D eigenvalue weighted by atomic mass is 16.2. The first-order valence-electron chi connectivity index (χ1n) is 8.71. The van der Waals surface area contributed by atoms with Gasteiger partial charge in [-0.1, -0.05) is 12.8 Å². The van der Waals surface area contributed by atoms with Gasteiger partial charge in [-0.2, -0.15) is 0 Å². The van der Waals surface area contributed by atoms with Gasteiger partial charge in [0.25, 0.3) is 0 Å². The number of anilines is 1. The lowest BCUT2D eigenvalue weighted by atomic mass is 10.1. The number of hydrogen-bond donors (Lipinski definition) is 1. The van der Waals surface area contributed by atoms with E-state index in [-0.39, 0.29) is 11.9 Å². The molecular weight excluding hydrogens is 276 g/mol. The Labute approximate surface area is 131 Å². The average Bonchev–Trinajstić information content (AvgIpc) is 3.06. The van der Waals surface area contributed by atoms with E-state index in [2.05, 4.69) is 15.2 Å². The predicted molar refractivity (Wildman–Crippen MR) is 84.8 cm³/mol. The molecule has 0 bridgehead atoms. The summed E-state index contributed by atoms with van der Waals surface area (Å²) in [5, 5.41) is 3.14. The number of rotatable bonds is 4. The van der Waals surface area contributed by atoms with Gasteiger partial charge < -0.3 is 10.2 Å². The fourth-order valence-corrected chi connectivity index (χ4v) is 3.74. The van der Waals surface area contributed by atoms with Gasteiger partial charge in [-0.25, -0.2) is 9.97 Å². The zero-order chi connectivity index (χ0) is 14.9. The maximum atomic E-state index is 12.4. The number of carbonyl (C=O) groups is 1. The van der Waals surface area contributed by atoms with E-state index < -0.39 is 0 Å². The van der Waals surface area contributed by atoms with Crippen LogP contribution in [0.5, 0.6) is 0 Å². The first kappa shape index (κ1) is 14.0. The zero-order valence-corrected chi connectivity index (χ0v) is 13.0. The first-order valence-corrected chi connectivity index (χ1v) is 8.71. The molecule has 3 aliphatic rings. The van der Waals surface area contributed by atoms with Crippen molar-refractivity contribution in [1.29, 1.82) is 0 Å². The molecule has 1 amide bonds. The third-order valence-electron chi connectivity index (χ3n) is 5.15. The quantitative estimate of drug-likeness (QED) is 0.927. The predicted octanol–water partition coefficient (Wildman–Crippen LogP) is 2.38. The lowest BCUT2D eigenvalue weighted by Crippen LogP contribution is -2.44. The number of aromatic nitrogens is 2. The number of nitrogens with one attached hydrogen (secondary N) is 1. The molecule has 1 aromatic heterocycles. The van der Waals surface area contributed by atoms with Crippen molar-refractivity contribution in [3.8, 4) is 0 Å². The molecule has 1 N–H and O–H groups in total. The van der Waals surface area contributed by atoms with Gasteiger partial charge in [0.2, 0.25) is 5.91 Å². The van der Waals surface area contributed by atoms with Gasteiger partial charge in [0.1, 0.15) is 17.7 Å². The number of carbonyl (C=O) groups excluding carboxylic acids is 1. The second-order valence-corrected chi connectivity index (χ2v) is 6.89. The van der Waals surface area contributed by atoms with Crippen molar-refractivity contribution in [3.63, 3.8) is 0 Å². The topological polar surface area (TPSA) is 58.1 Å². The Morgan fingerprint density at radius 3 is 2.73 bits per heavy atom. The highest BCUT2D eigenvalue weighted by molar-refractivity contribution is 5.86. The fraction of sp³-hybridized carbons (Fsp3) is 0.706. The standard InChI is InChI=1S/C17H24N4O/c22-17(19-13-7-8-13)14-6-3-11-21(14)15-9-10-18-16(20-15)12-4-1-2-5-12/h9-10,12-14H,1-8,11H2,(H,19,22)/t14-/m1/s1. The summed E-state index contributed by atoms with van der Waals surface area (Å²) in [6.07, 6.45) is 11.1. The van der Waals surface area contributed by atoms with Gasteiger partial charge in [-0.3, -0.25) is 4.79 Å². The molecule has 4 rings (SSSR count). The molecule has 5 nitrogen and oxygen atoms in total. The molecule has 118 valence electrons. The largest absolute Gasteiger partial charge is 0.352 e. The zero-order valence-electron chi connectivity index (χ0n) is 13.0. The van der Waals surface area contributed by atoms with Gasteiger partial charge in [0, 0.05) is 24.7 Å². The van der Waals surface area contributed by atoms with Gasteiger partial charge in [0.15, 0.2) is 0 Å². The van der Waals surface area contributed by atoms with E-state index >= 15 is 0 Å². The van der Waals surface area contributed by atoms with Crippen molar-refractivity contribution in [2.45, 2.75) is 69.4 Å². The summed E-state index contributed by atoms with van der Waals surface area (Å²) in [6, 6.07) is 2.34. The van der Waals surface area contributed by atoms with E-state index in [0.29, 0.717) is 12.0 Å². The molecule has 1 aliphatic heterocycles. The minimum atomic E-state index is -0.0491. The van der Waals surface area contributed by atoms with Crippen LogP contribution in [0, 0.1) is 0 Å². The molecule has 22 heavy (non-hydrogen) atoms. The van der Waals surface area contributed by atoms with Crippen molar-refractivity contribution in [3.05, 3.63) is 18.1 Å². The van der Waals surface area contributed by atoms with Gasteiger partial charge in [0.05, 0.1) is 0 Å².